The molecule has 168 valence electrons. The summed E-state index contributed by atoms with van der Waals surface area (Å²) in [4.78, 5) is 15.3. The van der Waals surface area contributed by atoms with E-state index in [2.05, 4.69) is 17.1 Å². The van der Waals surface area contributed by atoms with Crippen molar-refractivity contribution in [1.29, 1.82) is 0 Å². The highest BCUT2D eigenvalue weighted by atomic mass is 35.5. The van der Waals surface area contributed by atoms with Crippen molar-refractivity contribution >= 4 is 17.5 Å². The van der Waals surface area contributed by atoms with Gasteiger partial charge in [0.15, 0.2) is 11.5 Å². The van der Waals surface area contributed by atoms with Crippen LogP contribution in [0.3, 0.4) is 0 Å². The zero-order valence-electron chi connectivity index (χ0n) is 18.7. The summed E-state index contributed by atoms with van der Waals surface area (Å²) in [6.07, 6.45) is 1.92. The maximum Gasteiger partial charge on any atom is 0.273 e. The van der Waals surface area contributed by atoms with E-state index in [0.29, 0.717) is 42.0 Å². The molecular weight excluding hydrogens is 426 g/mol. The Bertz CT molecular complexity index is 1090. The van der Waals surface area contributed by atoms with Crippen molar-refractivity contribution in [2.24, 2.45) is 0 Å². The minimum Gasteiger partial charge on any atom is -0.490 e. The molecule has 1 aliphatic rings. The second kappa shape index (κ2) is 9.65. The fraction of sp³-hybridized carbons (Fsp3) is 0.360. The summed E-state index contributed by atoms with van der Waals surface area (Å²) in [5, 5.41) is 8.17. The highest BCUT2D eigenvalue weighted by Gasteiger charge is 2.42. The molecule has 1 aliphatic heterocycles. The van der Waals surface area contributed by atoms with Crippen molar-refractivity contribution in [3.63, 3.8) is 0 Å². The summed E-state index contributed by atoms with van der Waals surface area (Å²) in [5.74, 6) is 1.35. The quantitative estimate of drug-likeness (QED) is 0.439. The third-order valence-electron chi connectivity index (χ3n) is 5.62. The van der Waals surface area contributed by atoms with E-state index >= 15 is 0 Å². The number of aromatic nitrogens is 2. The number of aromatic amines is 1. The summed E-state index contributed by atoms with van der Waals surface area (Å²) in [6, 6.07) is 13.2. The lowest BCUT2D eigenvalue weighted by Crippen LogP contribution is -2.30. The molecule has 0 aliphatic carbocycles. The molecule has 2 aromatic carbocycles. The SMILES string of the molecule is CCCCN1C(=O)c2[nH]nc(-c3ccc(Cl)cc3)c2C1c1ccc(OCC)c(OCC)c1. The number of hydrogen-bond acceptors (Lipinski definition) is 4. The highest BCUT2D eigenvalue weighted by molar-refractivity contribution is 6.30. The molecular formula is C25H28ClN3O3. The Morgan fingerprint density at radius 3 is 2.44 bits per heavy atom. The molecule has 4 rings (SSSR count). The van der Waals surface area contributed by atoms with Gasteiger partial charge in [-0.1, -0.05) is 43.1 Å². The highest BCUT2D eigenvalue weighted by Crippen LogP contribution is 2.44. The van der Waals surface area contributed by atoms with Crippen LogP contribution in [-0.4, -0.2) is 40.8 Å². The van der Waals surface area contributed by atoms with Crippen LogP contribution in [0.4, 0.5) is 0 Å². The number of rotatable bonds is 9. The maximum atomic E-state index is 13.3. The lowest BCUT2D eigenvalue weighted by Gasteiger charge is -2.27. The molecule has 7 heteroatoms. The molecule has 1 unspecified atom stereocenters. The first kappa shape index (κ1) is 22.2. The molecule has 0 saturated carbocycles. The number of carbonyl (C=O) groups excluding carboxylic acids is 1. The first-order valence-electron chi connectivity index (χ1n) is 11.1. The van der Waals surface area contributed by atoms with E-state index in [0.717, 1.165) is 35.2 Å². The van der Waals surface area contributed by atoms with Crippen molar-refractivity contribution in [3.8, 4) is 22.8 Å². The van der Waals surface area contributed by atoms with E-state index in [4.69, 9.17) is 21.1 Å². The van der Waals surface area contributed by atoms with E-state index in [1.807, 2.05) is 61.2 Å². The average Bonchev–Trinajstić information content (AvgIpc) is 3.33. The Hall–Kier alpha value is -2.99. The first-order valence-corrected chi connectivity index (χ1v) is 11.5. The Balaban J connectivity index is 1.84. The van der Waals surface area contributed by atoms with Crippen molar-refractivity contribution in [2.75, 3.05) is 19.8 Å². The smallest absolute Gasteiger partial charge is 0.273 e. The van der Waals surface area contributed by atoms with Crippen LogP contribution >= 0.6 is 11.6 Å². The number of hydrogen-bond donors (Lipinski definition) is 1. The van der Waals surface area contributed by atoms with Gasteiger partial charge in [0, 0.05) is 22.7 Å². The topological polar surface area (TPSA) is 67.5 Å². The lowest BCUT2D eigenvalue weighted by molar-refractivity contribution is 0.0741. The number of ether oxygens (including phenoxy) is 2. The minimum atomic E-state index is -0.261. The van der Waals surface area contributed by atoms with Crippen molar-refractivity contribution in [3.05, 3.63) is 64.3 Å². The molecule has 1 amide bonds. The van der Waals surface area contributed by atoms with Crippen LogP contribution in [0.25, 0.3) is 11.3 Å². The second-order valence-electron chi connectivity index (χ2n) is 7.69. The number of amides is 1. The van der Waals surface area contributed by atoms with Crippen molar-refractivity contribution in [1.82, 2.24) is 15.1 Å². The van der Waals surface area contributed by atoms with Crippen LogP contribution in [0.15, 0.2) is 42.5 Å². The van der Waals surface area contributed by atoms with Crippen LogP contribution in [0, 0.1) is 0 Å². The number of halogens is 1. The monoisotopic (exact) mass is 453 g/mol. The predicted octanol–water partition coefficient (Wildman–Crippen LogP) is 5.87. The van der Waals surface area contributed by atoms with Crippen LogP contribution in [0.5, 0.6) is 11.5 Å². The Morgan fingerprint density at radius 1 is 1.03 bits per heavy atom. The Kier molecular flexibility index (Phi) is 6.70. The molecule has 0 spiro atoms. The van der Waals surface area contributed by atoms with Crippen LogP contribution in [-0.2, 0) is 0 Å². The minimum absolute atomic E-state index is 0.0296. The molecule has 0 radical (unpaired) electrons. The number of unbranched alkanes of at least 4 members (excludes halogenated alkanes) is 1. The van der Waals surface area contributed by atoms with Gasteiger partial charge < -0.3 is 14.4 Å². The number of carbonyl (C=O) groups is 1. The summed E-state index contributed by atoms with van der Waals surface area (Å²) in [7, 11) is 0. The van der Waals surface area contributed by atoms with Crippen LogP contribution < -0.4 is 9.47 Å². The fourth-order valence-corrected chi connectivity index (χ4v) is 4.29. The van der Waals surface area contributed by atoms with Crippen molar-refractivity contribution < 1.29 is 14.3 Å². The van der Waals surface area contributed by atoms with E-state index in [1.165, 1.54) is 0 Å². The van der Waals surface area contributed by atoms with E-state index in [-0.39, 0.29) is 11.9 Å². The number of fused-ring (bicyclic) bond motifs is 1. The normalized spacial score (nSPS) is 15.2. The predicted molar refractivity (Wildman–Crippen MR) is 126 cm³/mol. The van der Waals surface area contributed by atoms with Gasteiger partial charge in [-0.05, 0) is 50.1 Å². The Morgan fingerprint density at radius 2 is 1.75 bits per heavy atom. The van der Waals surface area contributed by atoms with E-state index in [9.17, 15) is 4.79 Å². The van der Waals surface area contributed by atoms with Gasteiger partial charge in [0.1, 0.15) is 5.69 Å². The molecule has 3 aromatic rings. The van der Waals surface area contributed by atoms with Gasteiger partial charge in [-0.3, -0.25) is 9.89 Å². The summed E-state index contributed by atoms with van der Waals surface area (Å²) in [5.41, 5.74) is 4.08. The van der Waals surface area contributed by atoms with Gasteiger partial charge in [-0.25, -0.2) is 0 Å². The zero-order valence-corrected chi connectivity index (χ0v) is 19.4. The van der Waals surface area contributed by atoms with Crippen LogP contribution in [0.2, 0.25) is 5.02 Å². The van der Waals surface area contributed by atoms with E-state index < -0.39 is 0 Å². The standard InChI is InChI=1S/C25H28ClN3O3/c1-4-7-14-29-24(17-10-13-19(31-5-2)20(15-17)32-6-3)21-22(27-28-23(21)25(29)30)16-8-11-18(26)12-9-16/h8-13,15,24H,4-7,14H2,1-3H3,(H,27,28). The molecule has 6 nitrogen and oxygen atoms in total. The largest absolute Gasteiger partial charge is 0.490 e. The number of benzene rings is 2. The number of nitrogens with zero attached hydrogens (tertiary/aromatic N) is 2. The fourth-order valence-electron chi connectivity index (χ4n) is 4.17. The van der Waals surface area contributed by atoms with Gasteiger partial charge >= 0.3 is 0 Å². The number of nitrogens with one attached hydrogen (secondary N) is 1. The van der Waals surface area contributed by atoms with Crippen LogP contribution in [0.1, 0.15) is 61.3 Å². The Labute approximate surface area is 193 Å². The first-order chi connectivity index (χ1) is 15.6. The van der Waals surface area contributed by atoms with Gasteiger partial charge in [0.25, 0.3) is 5.91 Å². The molecule has 2 heterocycles. The van der Waals surface area contributed by atoms with Gasteiger partial charge in [0.2, 0.25) is 0 Å². The number of H-pyrrole nitrogens is 1. The second-order valence-corrected chi connectivity index (χ2v) is 8.13. The molecule has 32 heavy (non-hydrogen) atoms. The molecule has 1 N–H and O–H groups in total. The lowest BCUT2D eigenvalue weighted by atomic mass is 9.95. The van der Waals surface area contributed by atoms with Gasteiger partial charge in [-0.15, -0.1) is 0 Å². The maximum absolute atomic E-state index is 13.3. The molecule has 1 aromatic heterocycles. The molecule has 0 fully saturated rings. The van der Waals surface area contributed by atoms with Gasteiger partial charge in [0.05, 0.1) is 24.9 Å². The van der Waals surface area contributed by atoms with E-state index in [1.54, 1.807) is 0 Å². The third kappa shape index (κ3) is 4.07. The molecule has 1 atom stereocenters. The molecule has 0 bridgehead atoms. The summed E-state index contributed by atoms with van der Waals surface area (Å²) >= 11 is 6.09. The van der Waals surface area contributed by atoms with Crippen molar-refractivity contribution in [2.45, 2.75) is 39.7 Å². The summed E-state index contributed by atoms with van der Waals surface area (Å²) in [6.45, 7) is 7.76. The zero-order chi connectivity index (χ0) is 22.7. The van der Waals surface area contributed by atoms with Gasteiger partial charge in [-0.2, -0.15) is 5.10 Å². The third-order valence-corrected chi connectivity index (χ3v) is 5.87. The average molecular weight is 454 g/mol. The molecule has 0 saturated heterocycles. The summed E-state index contributed by atoms with van der Waals surface area (Å²) < 4.78 is 11.6.